The first-order valence-electron chi connectivity index (χ1n) is 7.79. The predicted molar refractivity (Wildman–Crippen MR) is 92.7 cm³/mol. The molecule has 2 rings (SSSR count). The molecule has 0 aliphatic heterocycles. The molecule has 0 radical (unpaired) electrons. The molecule has 0 aromatic heterocycles. The van der Waals surface area contributed by atoms with Gasteiger partial charge in [0.25, 0.3) is 5.91 Å². The molecule has 1 atom stereocenters. The SMILES string of the molecule is CC[C@@H](C)c1ccc(NC(=O)c2ccc(S(=O)(=O)C(F)F)cc2)cc1. The largest absolute Gasteiger partial charge is 0.341 e. The van der Waals surface area contributed by atoms with Crippen LogP contribution in [0.1, 0.15) is 42.1 Å². The van der Waals surface area contributed by atoms with Gasteiger partial charge in [0.05, 0.1) is 4.90 Å². The third kappa shape index (κ3) is 4.42. The molecule has 4 nitrogen and oxygen atoms in total. The van der Waals surface area contributed by atoms with E-state index in [0.717, 1.165) is 18.6 Å². The molecular formula is C18H19F2NO3S. The Labute approximate surface area is 145 Å². The van der Waals surface area contributed by atoms with Gasteiger partial charge >= 0.3 is 5.76 Å². The zero-order valence-electron chi connectivity index (χ0n) is 13.9. The fourth-order valence-corrected chi connectivity index (χ4v) is 2.95. The van der Waals surface area contributed by atoms with Gasteiger partial charge in [-0.15, -0.1) is 0 Å². The van der Waals surface area contributed by atoms with Crippen molar-refractivity contribution in [1.82, 2.24) is 0 Å². The topological polar surface area (TPSA) is 63.2 Å². The molecule has 0 bridgehead atoms. The highest BCUT2D eigenvalue weighted by molar-refractivity contribution is 7.91. The number of hydrogen-bond donors (Lipinski definition) is 1. The van der Waals surface area contributed by atoms with E-state index in [2.05, 4.69) is 19.2 Å². The van der Waals surface area contributed by atoms with Gasteiger partial charge in [-0.25, -0.2) is 8.42 Å². The first-order chi connectivity index (χ1) is 11.8. The molecule has 2 aromatic rings. The third-order valence-electron chi connectivity index (χ3n) is 4.03. The molecule has 134 valence electrons. The molecule has 2 aromatic carbocycles. The van der Waals surface area contributed by atoms with E-state index in [1.165, 1.54) is 17.7 Å². The second kappa shape index (κ2) is 7.74. The summed E-state index contributed by atoms with van der Waals surface area (Å²) in [6.45, 7) is 4.21. The molecule has 0 aliphatic rings. The van der Waals surface area contributed by atoms with Gasteiger partial charge in [-0.2, -0.15) is 8.78 Å². The minimum absolute atomic E-state index is 0.180. The maximum Gasteiger partial charge on any atom is 0.341 e. The van der Waals surface area contributed by atoms with Gasteiger partial charge < -0.3 is 5.32 Å². The standard InChI is InChI=1S/C18H19F2NO3S/c1-3-12(2)13-4-8-15(9-5-13)21-17(22)14-6-10-16(11-7-14)25(23,24)18(19)20/h4-12,18H,3H2,1-2H3,(H,21,22)/t12-/m1/s1. The Morgan fingerprint density at radius 3 is 2.08 bits per heavy atom. The van der Waals surface area contributed by atoms with E-state index >= 15 is 0 Å². The highest BCUT2D eigenvalue weighted by Crippen LogP contribution is 2.22. The molecule has 0 aliphatic carbocycles. The molecule has 0 saturated carbocycles. The van der Waals surface area contributed by atoms with Crippen molar-refractivity contribution < 1.29 is 22.0 Å². The maximum atomic E-state index is 12.5. The van der Waals surface area contributed by atoms with Gasteiger partial charge in [-0.3, -0.25) is 4.79 Å². The Kier molecular flexibility index (Phi) is 5.89. The van der Waals surface area contributed by atoms with Gasteiger partial charge in [0.15, 0.2) is 0 Å². The number of rotatable bonds is 6. The Morgan fingerprint density at radius 2 is 1.60 bits per heavy atom. The summed E-state index contributed by atoms with van der Waals surface area (Å²) in [5.41, 5.74) is 1.95. The van der Waals surface area contributed by atoms with E-state index in [1.54, 1.807) is 12.1 Å². The number of anilines is 1. The summed E-state index contributed by atoms with van der Waals surface area (Å²) >= 11 is 0. The van der Waals surface area contributed by atoms with Crippen LogP contribution in [0.15, 0.2) is 53.4 Å². The number of carbonyl (C=O) groups excluding carboxylic acids is 1. The molecule has 1 N–H and O–H groups in total. The Morgan fingerprint density at radius 1 is 1.04 bits per heavy atom. The van der Waals surface area contributed by atoms with Gasteiger partial charge in [0, 0.05) is 11.3 Å². The average Bonchev–Trinajstić information content (AvgIpc) is 2.61. The molecule has 7 heteroatoms. The molecule has 0 saturated heterocycles. The summed E-state index contributed by atoms with van der Waals surface area (Å²) in [7, 11) is -4.66. The number of benzene rings is 2. The average molecular weight is 367 g/mol. The summed E-state index contributed by atoms with van der Waals surface area (Å²) in [5, 5.41) is 2.69. The first-order valence-corrected chi connectivity index (χ1v) is 9.33. The van der Waals surface area contributed by atoms with Crippen LogP contribution >= 0.6 is 0 Å². The Balaban J connectivity index is 2.11. The first kappa shape index (κ1) is 19.1. The Hall–Kier alpha value is -2.28. The lowest BCUT2D eigenvalue weighted by Crippen LogP contribution is -2.14. The van der Waals surface area contributed by atoms with E-state index in [9.17, 15) is 22.0 Å². The second-order valence-electron chi connectivity index (χ2n) is 5.72. The van der Waals surface area contributed by atoms with Crippen molar-refractivity contribution >= 4 is 21.4 Å². The fourth-order valence-electron chi connectivity index (χ4n) is 2.23. The van der Waals surface area contributed by atoms with Crippen molar-refractivity contribution in [1.29, 1.82) is 0 Å². The van der Waals surface area contributed by atoms with Gasteiger partial charge in [0.2, 0.25) is 9.84 Å². The smallest absolute Gasteiger partial charge is 0.322 e. The maximum absolute atomic E-state index is 12.5. The van der Waals surface area contributed by atoms with E-state index < -0.39 is 26.4 Å². The van der Waals surface area contributed by atoms with Crippen molar-refractivity contribution in [3.05, 3.63) is 59.7 Å². The molecule has 0 spiro atoms. The summed E-state index contributed by atoms with van der Waals surface area (Å²) in [5.74, 6) is -3.51. The van der Waals surface area contributed by atoms with E-state index in [0.29, 0.717) is 11.6 Å². The predicted octanol–water partition coefficient (Wildman–Crippen LogP) is 4.45. The molecule has 0 heterocycles. The minimum atomic E-state index is -4.66. The number of halogens is 2. The molecule has 0 fully saturated rings. The van der Waals surface area contributed by atoms with Crippen LogP contribution in [0.5, 0.6) is 0 Å². The molecular weight excluding hydrogens is 348 g/mol. The fraction of sp³-hybridized carbons (Fsp3) is 0.278. The lowest BCUT2D eigenvalue weighted by molar-refractivity contribution is 0.102. The lowest BCUT2D eigenvalue weighted by Gasteiger charge is -2.11. The molecule has 1 amide bonds. The van der Waals surface area contributed by atoms with Crippen LogP contribution in [0.3, 0.4) is 0 Å². The van der Waals surface area contributed by atoms with E-state index in [4.69, 9.17) is 0 Å². The number of carbonyl (C=O) groups is 1. The second-order valence-corrected chi connectivity index (χ2v) is 7.63. The lowest BCUT2D eigenvalue weighted by atomic mass is 9.98. The number of nitrogens with one attached hydrogen (secondary N) is 1. The van der Waals surface area contributed by atoms with Crippen molar-refractivity contribution in [2.24, 2.45) is 0 Å². The summed E-state index contributed by atoms with van der Waals surface area (Å²) in [6, 6.07) is 11.9. The van der Waals surface area contributed by atoms with E-state index in [-0.39, 0.29) is 5.56 Å². The van der Waals surface area contributed by atoms with Crippen molar-refractivity contribution in [3.63, 3.8) is 0 Å². The summed E-state index contributed by atoms with van der Waals surface area (Å²) in [6.07, 6.45) is 1.01. The third-order valence-corrected chi connectivity index (χ3v) is 5.43. The van der Waals surface area contributed by atoms with Crippen LogP contribution in [0, 0.1) is 0 Å². The van der Waals surface area contributed by atoms with Crippen LogP contribution in [0.4, 0.5) is 14.5 Å². The Bertz CT molecular complexity index is 832. The van der Waals surface area contributed by atoms with Crippen molar-refractivity contribution in [2.75, 3.05) is 5.32 Å². The quantitative estimate of drug-likeness (QED) is 0.820. The van der Waals surface area contributed by atoms with Crippen LogP contribution in [0.2, 0.25) is 0 Å². The van der Waals surface area contributed by atoms with Crippen LogP contribution in [0.25, 0.3) is 0 Å². The normalized spacial score (nSPS) is 12.8. The van der Waals surface area contributed by atoms with Crippen LogP contribution in [-0.2, 0) is 9.84 Å². The van der Waals surface area contributed by atoms with E-state index in [1.807, 2.05) is 12.1 Å². The number of sulfone groups is 1. The molecule has 0 unspecified atom stereocenters. The van der Waals surface area contributed by atoms with Gasteiger partial charge in [-0.1, -0.05) is 26.0 Å². The highest BCUT2D eigenvalue weighted by atomic mass is 32.2. The summed E-state index contributed by atoms with van der Waals surface area (Å²) in [4.78, 5) is 11.7. The zero-order chi connectivity index (χ0) is 18.6. The van der Waals surface area contributed by atoms with Gasteiger partial charge in [0.1, 0.15) is 0 Å². The van der Waals surface area contributed by atoms with Crippen molar-refractivity contribution in [2.45, 2.75) is 36.8 Å². The van der Waals surface area contributed by atoms with Crippen LogP contribution < -0.4 is 5.32 Å². The summed E-state index contributed by atoms with van der Waals surface area (Å²) < 4.78 is 47.7. The van der Waals surface area contributed by atoms with Crippen molar-refractivity contribution in [3.8, 4) is 0 Å². The highest BCUT2D eigenvalue weighted by Gasteiger charge is 2.26. The zero-order valence-corrected chi connectivity index (χ0v) is 14.7. The number of alkyl halides is 2. The monoisotopic (exact) mass is 367 g/mol. The number of hydrogen-bond acceptors (Lipinski definition) is 3. The number of amides is 1. The molecule has 25 heavy (non-hydrogen) atoms. The van der Waals surface area contributed by atoms with Crippen LogP contribution in [-0.4, -0.2) is 20.1 Å². The van der Waals surface area contributed by atoms with Gasteiger partial charge in [-0.05, 0) is 54.3 Å². The minimum Gasteiger partial charge on any atom is -0.322 e.